The van der Waals surface area contributed by atoms with Gasteiger partial charge in [-0.15, -0.1) is 11.3 Å². The smallest absolute Gasteiger partial charge is 0.109 e. The number of nitrogens with two attached hydrogens (primary N) is 1. The number of aromatic nitrogens is 1. The second kappa shape index (κ2) is 7.09. The molecule has 2 unspecified atom stereocenters. The van der Waals surface area contributed by atoms with E-state index >= 15 is 0 Å². The molecular weight excluding hydrogens is 230 g/mol. The average molecular weight is 255 g/mol. The number of nitrogens with zero attached hydrogens (tertiary/aromatic N) is 1. The third-order valence-electron chi connectivity index (χ3n) is 3.22. The van der Waals surface area contributed by atoms with Gasteiger partial charge in [0.1, 0.15) is 5.01 Å². The minimum absolute atomic E-state index is 0.327. The Labute approximate surface area is 109 Å². The number of nitrogens with one attached hydrogen (secondary N) is 1. The largest absolute Gasteiger partial charge is 0.330 e. The predicted molar refractivity (Wildman–Crippen MR) is 75.3 cm³/mol. The SMILES string of the molecule is CCc1cnc(C(C)NCC(CN)C(C)C)s1. The summed E-state index contributed by atoms with van der Waals surface area (Å²) in [6.45, 7) is 10.5. The van der Waals surface area contributed by atoms with Crippen LogP contribution in [0.5, 0.6) is 0 Å². The summed E-state index contributed by atoms with van der Waals surface area (Å²) in [4.78, 5) is 5.81. The van der Waals surface area contributed by atoms with E-state index in [0.29, 0.717) is 17.9 Å². The molecule has 0 amide bonds. The lowest BCUT2D eigenvalue weighted by molar-refractivity contribution is 0.356. The average Bonchev–Trinajstić information content (AvgIpc) is 2.77. The third-order valence-corrected chi connectivity index (χ3v) is 4.55. The van der Waals surface area contributed by atoms with Crippen LogP contribution in [0.2, 0.25) is 0 Å². The lowest BCUT2D eigenvalue weighted by atomic mass is 9.96. The van der Waals surface area contributed by atoms with Crippen LogP contribution in [0.4, 0.5) is 0 Å². The summed E-state index contributed by atoms with van der Waals surface area (Å²) in [7, 11) is 0. The van der Waals surface area contributed by atoms with Crippen LogP contribution >= 0.6 is 11.3 Å². The molecule has 0 fully saturated rings. The Balaban J connectivity index is 2.46. The molecule has 0 bridgehead atoms. The van der Waals surface area contributed by atoms with E-state index in [-0.39, 0.29) is 0 Å². The first kappa shape index (κ1) is 14.6. The summed E-state index contributed by atoms with van der Waals surface area (Å²) in [5.41, 5.74) is 5.77. The molecule has 98 valence electrons. The minimum Gasteiger partial charge on any atom is -0.330 e. The maximum atomic E-state index is 5.77. The van der Waals surface area contributed by atoms with Crippen LogP contribution in [0, 0.1) is 11.8 Å². The third kappa shape index (κ3) is 4.37. The first-order valence-corrected chi connectivity index (χ1v) is 7.28. The van der Waals surface area contributed by atoms with Gasteiger partial charge in [-0.25, -0.2) is 4.98 Å². The molecule has 0 saturated carbocycles. The van der Waals surface area contributed by atoms with Crippen molar-refractivity contribution in [3.05, 3.63) is 16.1 Å². The molecule has 0 saturated heterocycles. The molecule has 0 spiro atoms. The summed E-state index contributed by atoms with van der Waals surface area (Å²) in [5, 5.41) is 4.72. The van der Waals surface area contributed by atoms with Gasteiger partial charge in [-0.1, -0.05) is 20.8 Å². The van der Waals surface area contributed by atoms with Crippen molar-refractivity contribution in [1.29, 1.82) is 0 Å². The molecule has 0 radical (unpaired) electrons. The first-order valence-electron chi connectivity index (χ1n) is 6.46. The monoisotopic (exact) mass is 255 g/mol. The number of rotatable bonds is 7. The normalized spacial score (nSPS) is 15.2. The minimum atomic E-state index is 0.327. The molecule has 1 rings (SSSR count). The van der Waals surface area contributed by atoms with Crippen molar-refractivity contribution in [2.45, 2.75) is 40.2 Å². The van der Waals surface area contributed by atoms with Crippen molar-refractivity contribution in [1.82, 2.24) is 10.3 Å². The second-order valence-corrected chi connectivity index (χ2v) is 6.03. The van der Waals surface area contributed by atoms with Crippen LogP contribution in [0.15, 0.2) is 6.20 Å². The molecular formula is C13H25N3S. The molecule has 3 N–H and O–H groups in total. The van der Waals surface area contributed by atoms with Crippen molar-refractivity contribution in [2.75, 3.05) is 13.1 Å². The van der Waals surface area contributed by atoms with Gasteiger partial charge < -0.3 is 11.1 Å². The fraction of sp³-hybridized carbons (Fsp3) is 0.769. The Hall–Kier alpha value is -0.450. The first-order chi connectivity index (χ1) is 8.08. The van der Waals surface area contributed by atoms with E-state index < -0.39 is 0 Å². The highest BCUT2D eigenvalue weighted by atomic mass is 32.1. The van der Waals surface area contributed by atoms with Crippen molar-refractivity contribution in [3.8, 4) is 0 Å². The zero-order chi connectivity index (χ0) is 12.8. The summed E-state index contributed by atoms with van der Waals surface area (Å²) in [6.07, 6.45) is 3.06. The Bertz CT molecular complexity index is 322. The van der Waals surface area contributed by atoms with Gasteiger partial charge in [0, 0.05) is 17.6 Å². The molecule has 1 aromatic heterocycles. The van der Waals surface area contributed by atoms with E-state index in [1.54, 1.807) is 11.3 Å². The summed E-state index contributed by atoms with van der Waals surface area (Å²) < 4.78 is 0. The van der Waals surface area contributed by atoms with E-state index in [0.717, 1.165) is 19.5 Å². The highest BCUT2D eigenvalue weighted by Gasteiger charge is 2.14. The van der Waals surface area contributed by atoms with Crippen LogP contribution in [0.3, 0.4) is 0 Å². The molecule has 1 aromatic rings. The molecule has 0 aromatic carbocycles. The Morgan fingerprint density at radius 3 is 2.59 bits per heavy atom. The second-order valence-electron chi connectivity index (χ2n) is 4.89. The van der Waals surface area contributed by atoms with E-state index in [4.69, 9.17) is 5.73 Å². The summed E-state index contributed by atoms with van der Waals surface area (Å²) in [6, 6.07) is 0.327. The molecule has 2 atom stereocenters. The van der Waals surface area contributed by atoms with Gasteiger partial charge in [0.05, 0.1) is 6.04 Å². The lowest BCUT2D eigenvalue weighted by Gasteiger charge is -2.21. The van der Waals surface area contributed by atoms with Gasteiger partial charge in [0.15, 0.2) is 0 Å². The highest BCUT2D eigenvalue weighted by Crippen LogP contribution is 2.20. The Morgan fingerprint density at radius 2 is 2.12 bits per heavy atom. The van der Waals surface area contributed by atoms with Gasteiger partial charge in [-0.2, -0.15) is 0 Å². The van der Waals surface area contributed by atoms with Gasteiger partial charge in [-0.05, 0) is 31.7 Å². The van der Waals surface area contributed by atoms with Crippen molar-refractivity contribution in [2.24, 2.45) is 17.6 Å². The van der Waals surface area contributed by atoms with Crippen LogP contribution in [-0.4, -0.2) is 18.1 Å². The Morgan fingerprint density at radius 1 is 1.41 bits per heavy atom. The van der Waals surface area contributed by atoms with Gasteiger partial charge >= 0.3 is 0 Å². The van der Waals surface area contributed by atoms with E-state index in [9.17, 15) is 0 Å². The van der Waals surface area contributed by atoms with Gasteiger partial charge in [0.25, 0.3) is 0 Å². The lowest BCUT2D eigenvalue weighted by Crippen LogP contribution is -2.33. The summed E-state index contributed by atoms with van der Waals surface area (Å²) >= 11 is 1.80. The maximum absolute atomic E-state index is 5.77. The summed E-state index contributed by atoms with van der Waals surface area (Å²) in [5.74, 6) is 1.17. The fourth-order valence-corrected chi connectivity index (χ4v) is 2.58. The van der Waals surface area contributed by atoms with Crippen LogP contribution in [-0.2, 0) is 6.42 Å². The number of hydrogen-bond acceptors (Lipinski definition) is 4. The quantitative estimate of drug-likeness (QED) is 0.787. The highest BCUT2D eigenvalue weighted by molar-refractivity contribution is 7.11. The topological polar surface area (TPSA) is 50.9 Å². The molecule has 4 heteroatoms. The zero-order valence-corrected chi connectivity index (χ0v) is 12.2. The van der Waals surface area contributed by atoms with Gasteiger partial charge in [0.2, 0.25) is 0 Å². The Kier molecular flexibility index (Phi) is 6.09. The van der Waals surface area contributed by atoms with Crippen molar-refractivity contribution in [3.63, 3.8) is 0 Å². The van der Waals surface area contributed by atoms with E-state index in [1.807, 2.05) is 6.20 Å². The predicted octanol–water partition coefficient (Wildman–Crippen LogP) is 2.59. The number of hydrogen-bond donors (Lipinski definition) is 2. The van der Waals surface area contributed by atoms with Crippen LogP contribution in [0.25, 0.3) is 0 Å². The number of aryl methyl sites for hydroxylation is 1. The van der Waals surface area contributed by atoms with Crippen molar-refractivity contribution >= 4 is 11.3 Å². The molecule has 0 aliphatic rings. The molecule has 3 nitrogen and oxygen atoms in total. The zero-order valence-electron chi connectivity index (χ0n) is 11.4. The van der Waals surface area contributed by atoms with Crippen molar-refractivity contribution < 1.29 is 0 Å². The van der Waals surface area contributed by atoms with Gasteiger partial charge in [-0.3, -0.25) is 0 Å². The molecule has 0 aliphatic carbocycles. The van der Waals surface area contributed by atoms with E-state index in [1.165, 1.54) is 9.88 Å². The maximum Gasteiger partial charge on any atom is 0.109 e. The molecule has 17 heavy (non-hydrogen) atoms. The van der Waals surface area contributed by atoms with E-state index in [2.05, 4.69) is 38.0 Å². The number of thiazole rings is 1. The molecule has 0 aliphatic heterocycles. The van der Waals surface area contributed by atoms with Crippen LogP contribution in [0.1, 0.15) is 43.6 Å². The standard InChI is InChI=1S/C13H25N3S/c1-5-12-8-16-13(17-12)10(4)15-7-11(6-14)9(2)3/h8-11,15H,5-7,14H2,1-4H3. The van der Waals surface area contributed by atoms with Crippen LogP contribution < -0.4 is 11.1 Å². The fourth-order valence-electron chi connectivity index (χ4n) is 1.69. The molecule has 1 heterocycles.